The van der Waals surface area contributed by atoms with Crippen LogP contribution in [-0.4, -0.2) is 36.6 Å². The van der Waals surface area contributed by atoms with E-state index in [2.05, 4.69) is 15.2 Å². The van der Waals surface area contributed by atoms with Crippen molar-refractivity contribution in [3.63, 3.8) is 0 Å². The van der Waals surface area contributed by atoms with Gasteiger partial charge in [-0.05, 0) is 19.8 Å². The summed E-state index contributed by atoms with van der Waals surface area (Å²) in [4.78, 5) is 15.1. The molecule has 8 heteroatoms. The highest BCUT2D eigenvalue weighted by molar-refractivity contribution is 7.99. The first-order valence-corrected chi connectivity index (χ1v) is 7.73. The molecule has 0 saturated heterocycles. The number of nitrogens with zero attached hydrogens (tertiary/aromatic N) is 4. The van der Waals surface area contributed by atoms with Gasteiger partial charge in [0.15, 0.2) is 11.0 Å². The maximum absolute atomic E-state index is 10.7. The van der Waals surface area contributed by atoms with Crippen molar-refractivity contribution >= 4 is 29.1 Å². The molecule has 6 nitrogen and oxygen atoms in total. The molecule has 0 aromatic carbocycles. The highest BCUT2D eigenvalue weighted by Gasteiger charge is 2.30. The van der Waals surface area contributed by atoms with Crippen LogP contribution >= 0.6 is 23.1 Å². The van der Waals surface area contributed by atoms with Crippen molar-refractivity contribution in [1.82, 2.24) is 19.7 Å². The molecule has 1 fully saturated rings. The van der Waals surface area contributed by atoms with Crippen LogP contribution in [0.25, 0.3) is 11.5 Å². The lowest BCUT2D eigenvalue weighted by Crippen LogP contribution is -2.03. The van der Waals surface area contributed by atoms with E-state index in [0.29, 0.717) is 11.2 Å². The molecule has 0 bridgehead atoms. The van der Waals surface area contributed by atoms with Gasteiger partial charge in [-0.1, -0.05) is 11.8 Å². The van der Waals surface area contributed by atoms with Gasteiger partial charge in [-0.2, -0.15) is 0 Å². The van der Waals surface area contributed by atoms with E-state index in [1.165, 1.54) is 11.8 Å². The fraction of sp³-hybridized carbons (Fsp3) is 0.455. The summed E-state index contributed by atoms with van der Waals surface area (Å²) in [5, 5.41) is 20.7. The highest BCUT2D eigenvalue weighted by atomic mass is 32.2. The topological polar surface area (TPSA) is 80.9 Å². The van der Waals surface area contributed by atoms with Crippen molar-refractivity contribution in [3.05, 3.63) is 10.4 Å². The lowest BCUT2D eigenvalue weighted by atomic mass is 10.4. The molecule has 1 saturated carbocycles. The van der Waals surface area contributed by atoms with E-state index in [4.69, 9.17) is 5.11 Å². The van der Waals surface area contributed by atoms with Gasteiger partial charge >= 0.3 is 5.97 Å². The van der Waals surface area contributed by atoms with Crippen LogP contribution in [0.2, 0.25) is 0 Å². The van der Waals surface area contributed by atoms with Gasteiger partial charge in [0.25, 0.3) is 0 Å². The molecule has 0 aliphatic heterocycles. The van der Waals surface area contributed by atoms with E-state index in [0.717, 1.165) is 29.4 Å². The van der Waals surface area contributed by atoms with Crippen LogP contribution in [0.4, 0.5) is 0 Å². The fourth-order valence-electron chi connectivity index (χ4n) is 1.80. The molecular weight excluding hydrogens is 284 g/mol. The van der Waals surface area contributed by atoms with Crippen LogP contribution in [0.15, 0.2) is 10.5 Å². The molecule has 0 atom stereocenters. The Balaban J connectivity index is 1.94. The van der Waals surface area contributed by atoms with Gasteiger partial charge in [0.2, 0.25) is 0 Å². The van der Waals surface area contributed by atoms with Gasteiger partial charge in [0, 0.05) is 11.4 Å². The molecule has 0 spiro atoms. The summed E-state index contributed by atoms with van der Waals surface area (Å²) < 4.78 is 2.03. The average Bonchev–Trinajstić information content (AvgIpc) is 2.97. The Morgan fingerprint density at radius 3 is 2.95 bits per heavy atom. The molecule has 3 rings (SSSR count). The van der Waals surface area contributed by atoms with Crippen LogP contribution in [0.3, 0.4) is 0 Å². The Labute approximate surface area is 117 Å². The minimum absolute atomic E-state index is 0.000939. The SMILES string of the molecule is Cc1nc(-c2nnc(SCC(=O)O)n2C2CC2)cs1. The largest absolute Gasteiger partial charge is 0.481 e. The van der Waals surface area contributed by atoms with Gasteiger partial charge < -0.3 is 5.11 Å². The first kappa shape index (κ1) is 12.6. The second-order valence-electron chi connectivity index (χ2n) is 4.34. The molecule has 19 heavy (non-hydrogen) atoms. The summed E-state index contributed by atoms with van der Waals surface area (Å²) in [6.45, 7) is 1.95. The third-order valence-corrected chi connectivity index (χ3v) is 4.45. The van der Waals surface area contributed by atoms with Crippen LogP contribution in [0.5, 0.6) is 0 Å². The number of thiazole rings is 1. The van der Waals surface area contributed by atoms with E-state index in [9.17, 15) is 4.79 Å². The summed E-state index contributed by atoms with van der Waals surface area (Å²) in [6, 6.07) is 0.392. The second-order valence-corrected chi connectivity index (χ2v) is 6.35. The van der Waals surface area contributed by atoms with Crippen LogP contribution in [0.1, 0.15) is 23.9 Å². The average molecular weight is 296 g/mol. The summed E-state index contributed by atoms with van der Waals surface area (Å²) in [6.07, 6.45) is 2.18. The number of aryl methyl sites for hydroxylation is 1. The monoisotopic (exact) mass is 296 g/mol. The van der Waals surface area contributed by atoms with Crippen molar-refractivity contribution in [1.29, 1.82) is 0 Å². The van der Waals surface area contributed by atoms with E-state index in [1.54, 1.807) is 11.3 Å². The Morgan fingerprint density at radius 1 is 1.58 bits per heavy atom. The minimum atomic E-state index is -0.846. The number of hydrogen-bond acceptors (Lipinski definition) is 6. The molecule has 0 unspecified atom stereocenters. The van der Waals surface area contributed by atoms with Crippen molar-refractivity contribution in [2.24, 2.45) is 0 Å². The smallest absolute Gasteiger partial charge is 0.313 e. The van der Waals surface area contributed by atoms with Crippen molar-refractivity contribution in [2.75, 3.05) is 5.75 Å². The number of rotatable bonds is 5. The molecule has 0 amide bonds. The van der Waals surface area contributed by atoms with Gasteiger partial charge in [0.1, 0.15) is 5.69 Å². The molecule has 2 aromatic heterocycles. The zero-order valence-electron chi connectivity index (χ0n) is 10.2. The molecule has 0 radical (unpaired) electrons. The van der Waals surface area contributed by atoms with Crippen molar-refractivity contribution < 1.29 is 9.90 Å². The molecule has 1 aliphatic rings. The maximum atomic E-state index is 10.7. The molecule has 1 aliphatic carbocycles. The number of carboxylic acids is 1. The second kappa shape index (κ2) is 4.93. The Morgan fingerprint density at radius 2 is 2.37 bits per heavy atom. The van der Waals surface area contributed by atoms with Crippen LogP contribution in [-0.2, 0) is 4.79 Å². The number of aliphatic carboxylic acids is 1. The quantitative estimate of drug-likeness (QED) is 0.852. The first-order chi connectivity index (χ1) is 9.15. The van der Waals surface area contributed by atoms with Gasteiger partial charge in [-0.25, -0.2) is 4.98 Å². The fourth-order valence-corrected chi connectivity index (χ4v) is 3.12. The zero-order chi connectivity index (χ0) is 13.4. The number of carboxylic acid groups (broad SMARTS) is 1. The summed E-state index contributed by atoms with van der Waals surface area (Å²) in [5.41, 5.74) is 0.823. The number of carbonyl (C=O) groups is 1. The first-order valence-electron chi connectivity index (χ1n) is 5.87. The highest BCUT2D eigenvalue weighted by Crippen LogP contribution is 2.41. The lowest BCUT2D eigenvalue weighted by Gasteiger charge is -2.06. The third-order valence-electron chi connectivity index (χ3n) is 2.75. The van der Waals surface area contributed by atoms with E-state index in [1.807, 2.05) is 16.9 Å². The maximum Gasteiger partial charge on any atom is 0.313 e. The number of hydrogen-bond donors (Lipinski definition) is 1. The predicted octanol–water partition coefficient (Wildman–Crippen LogP) is 2.22. The summed E-state index contributed by atoms with van der Waals surface area (Å²) in [5.74, 6) is -0.0952. The Bertz CT molecular complexity index is 618. The van der Waals surface area contributed by atoms with E-state index >= 15 is 0 Å². The molecule has 1 N–H and O–H groups in total. The summed E-state index contributed by atoms with van der Waals surface area (Å²) in [7, 11) is 0. The van der Waals surface area contributed by atoms with Crippen molar-refractivity contribution in [3.8, 4) is 11.5 Å². The Hall–Kier alpha value is -1.41. The zero-order valence-corrected chi connectivity index (χ0v) is 11.9. The summed E-state index contributed by atoms with van der Waals surface area (Å²) >= 11 is 2.79. The van der Waals surface area contributed by atoms with Crippen LogP contribution in [0, 0.1) is 6.92 Å². The van der Waals surface area contributed by atoms with Gasteiger partial charge in [0.05, 0.1) is 10.8 Å². The predicted molar refractivity (Wildman–Crippen MR) is 72.5 cm³/mol. The minimum Gasteiger partial charge on any atom is -0.481 e. The van der Waals surface area contributed by atoms with E-state index < -0.39 is 5.97 Å². The van der Waals surface area contributed by atoms with Crippen molar-refractivity contribution in [2.45, 2.75) is 31.0 Å². The third kappa shape index (κ3) is 2.64. The molecule has 100 valence electrons. The number of aromatic nitrogens is 4. The number of thioether (sulfide) groups is 1. The van der Waals surface area contributed by atoms with Crippen LogP contribution < -0.4 is 0 Å². The van der Waals surface area contributed by atoms with Gasteiger partial charge in [-0.3, -0.25) is 9.36 Å². The lowest BCUT2D eigenvalue weighted by molar-refractivity contribution is -0.133. The van der Waals surface area contributed by atoms with E-state index in [-0.39, 0.29) is 5.75 Å². The van der Waals surface area contributed by atoms with Gasteiger partial charge in [-0.15, -0.1) is 21.5 Å². The Kier molecular flexibility index (Phi) is 3.28. The molecular formula is C11H12N4O2S2. The molecule has 2 aromatic rings. The molecule has 2 heterocycles. The standard InChI is InChI=1S/C11H12N4O2S2/c1-6-12-8(4-18-6)10-13-14-11(19-5-9(16)17)15(10)7-2-3-7/h4,7H,2-3,5H2,1H3,(H,16,17). The normalized spacial score (nSPS) is 14.8.